The van der Waals surface area contributed by atoms with E-state index >= 15 is 0 Å². The SMILES string of the molecule is CS(=O)(=O)c1cccc2c1C(O)C(F)C2. The lowest BCUT2D eigenvalue weighted by Gasteiger charge is -2.10. The lowest BCUT2D eigenvalue weighted by Crippen LogP contribution is -2.10. The summed E-state index contributed by atoms with van der Waals surface area (Å²) in [5.41, 5.74) is 0.811. The van der Waals surface area contributed by atoms with E-state index in [1.54, 1.807) is 12.1 Å². The number of sulfone groups is 1. The highest BCUT2D eigenvalue weighted by atomic mass is 32.2. The fraction of sp³-hybridized carbons (Fsp3) is 0.400. The Hall–Kier alpha value is -0.940. The minimum Gasteiger partial charge on any atom is -0.385 e. The maximum atomic E-state index is 13.2. The molecule has 1 aliphatic carbocycles. The number of halogens is 1. The van der Waals surface area contributed by atoms with Gasteiger partial charge in [0.15, 0.2) is 9.84 Å². The average molecular weight is 230 g/mol. The monoisotopic (exact) mass is 230 g/mol. The van der Waals surface area contributed by atoms with Crippen molar-refractivity contribution in [3.63, 3.8) is 0 Å². The molecule has 0 bridgehead atoms. The smallest absolute Gasteiger partial charge is 0.175 e. The molecule has 0 fully saturated rings. The van der Waals surface area contributed by atoms with E-state index in [4.69, 9.17) is 0 Å². The fourth-order valence-electron chi connectivity index (χ4n) is 1.93. The van der Waals surface area contributed by atoms with Crippen LogP contribution in [0, 0.1) is 0 Å². The van der Waals surface area contributed by atoms with Crippen molar-refractivity contribution in [3.8, 4) is 0 Å². The lowest BCUT2D eigenvalue weighted by molar-refractivity contribution is 0.0907. The summed E-state index contributed by atoms with van der Waals surface area (Å²) < 4.78 is 36.1. The molecule has 1 aromatic rings. The quantitative estimate of drug-likeness (QED) is 0.783. The number of benzene rings is 1. The second kappa shape index (κ2) is 3.28. The molecule has 0 saturated heterocycles. The Morgan fingerprint density at radius 2 is 2.13 bits per heavy atom. The van der Waals surface area contributed by atoms with Crippen molar-refractivity contribution in [2.24, 2.45) is 0 Å². The summed E-state index contributed by atoms with van der Waals surface area (Å²) in [6.45, 7) is 0. The van der Waals surface area contributed by atoms with Crippen molar-refractivity contribution in [3.05, 3.63) is 29.3 Å². The standard InChI is InChI=1S/C10H11FO3S/c1-15(13,14)8-4-2-3-6-5-7(11)10(12)9(6)8/h2-4,7,10,12H,5H2,1H3. The highest BCUT2D eigenvalue weighted by molar-refractivity contribution is 7.90. The molecule has 0 aromatic heterocycles. The van der Waals surface area contributed by atoms with Crippen LogP contribution in [0.5, 0.6) is 0 Å². The van der Waals surface area contributed by atoms with Crippen LogP contribution >= 0.6 is 0 Å². The molecule has 2 unspecified atom stereocenters. The molecule has 0 heterocycles. The van der Waals surface area contributed by atoms with Crippen LogP contribution in [0.15, 0.2) is 23.1 Å². The van der Waals surface area contributed by atoms with Crippen molar-refractivity contribution in [1.29, 1.82) is 0 Å². The van der Waals surface area contributed by atoms with Gasteiger partial charge in [0.05, 0.1) is 4.90 Å². The highest BCUT2D eigenvalue weighted by Crippen LogP contribution is 2.37. The van der Waals surface area contributed by atoms with Gasteiger partial charge < -0.3 is 5.11 Å². The summed E-state index contributed by atoms with van der Waals surface area (Å²) in [7, 11) is -3.41. The number of fused-ring (bicyclic) bond motifs is 1. The largest absolute Gasteiger partial charge is 0.385 e. The number of rotatable bonds is 1. The Bertz CT molecular complexity index is 495. The molecular weight excluding hydrogens is 219 g/mol. The number of hydrogen-bond donors (Lipinski definition) is 1. The molecule has 1 aromatic carbocycles. The Morgan fingerprint density at radius 3 is 2.73 bits per heavy atom. The fourth-order valence-corrected chi connectivity index (χ4v) is 2.91. The first-order valence-corrected chi connectivity index (χ1v) is 6.44. The van der Waals surface area contributed by atoms with Crippen LogP contribution in [-0.4, -0.2) is 26.0 Å². The summed E-state index contributed by atoms with van der Waals surface area (Å²) in [5, 5.41) is 9.55. The molecule has 0 radical (unpaired) electrons. The van der Waals surface area contributed by atoms with Crippen LogP contribution in [-0.2, 0) is 16.3 Å². The van der Waals surface area contributed by atoms with Gasteiger partial charge in [0.1, 0.15) is 12.3 Å². The summed E-state index contributed by atoms with van der Waals surface area (Å²) in [6, 6.07) is 4.61. The molecule has 0 saturated carbocycles. The van der Waals surface area contributed by atoms with Crippen molar-refractivity contribution < 1.29 is 17.9 Å². The Labute approximate surface area is 87.5 Å². The first-order chi connectivity index (χ1) is 6.91. The van der Waals surface area contributed by atoms with Gasteiger partial charge in [0, 0.05) is 18.2 Å². The van der Waals surface area contributed by atoms with Gasteiger partial charge in [-0.05, 0) is 11.6 Å². The molecule has 2 atom stereocenters. The maximum absolute atomic E-state index is 13.2. The van der Waals surface area contributed by atoms with Crippen LogP contribution < -0.4 is 0 Å². The predicted octanol–water partition coefficient (Wildman–Crippen LogP) is 1.02. The molecule has 82 valence electrons. The number of aliphatic hydroxyl groups is 1. The Morgan fingerprint density at radius 1 is 1.47 bits per heavy atom. The van der Waals surface area contributed by atoms with E-state index in [0.717, 1.165) is 6.26 Å². The van der Waals surface area contributed by atoms with E-state index in [1.165, 1.54) is 6.07 Å². The Balaban J connectivity index is 2.68. The minimum absolute atomic E-state index is 0.0349. The van der Waals surface area contributed by atoms with Gasteiger partial charge in [0.25, 0.3) is 0 Å². The van der Waals surface area contributed by atoms with E-state index in [0.29, 0.717) is 5.56 Å². The van der Waals surface area contributed by atoms with Crippen molar-refractivity contribution >= 4 is 9.84 Å². The molecule has 1 aliphatic rings. The second-order valence-corrected chi connectivity index (χ2v) is 5.75. The molecule has 2 rings (SSSR count). The van der Waals surface area contributed by atoms with Gasteiger partial charge in [-0.15, -0.1) is 0 Å². The Kier molecular flexibility index (Phi) is 2.31. The second-order valence-electron chi connectivity index (χ2n) is 3.77. The number of aliphatic hydroxyl groups excluding tert-OH is 1. The van der Waals surface area contributed by atoms with E-state index in [1.807, 2.05) is 0 Å². The molecule has 3 nitrogen and oxygen atoms in total. The van der Waals surface area contributed by atoms with Gasteiger partial charge in [-0.3, -0.25) is 0 Å². The number of hydrogen-bond acceptors (Lipinski definition) is 3. The zero-order valence-electron chi connectivity index (χ0n) is 8.14. The minimum atomic E-state index is -3.41. The summed E-state index contributed by atoms with van der Waals surface area (Å²) in [4.78, 5) is 0.0349. The zero-order valence-corrected chi connectivity index (χ0v) is 8.96. The third-order valence-corrected chi connectivity index (χ3v) is 3.76. The molecule has 0 aliphatic heterocycles. The molecule has 0 amide bonds. The van der Waals surface area contributed by atoms with E-state index in [2.05, 4.69) is 0 Å². The van der Waals surface area contributed by atoms with E-state index in [9.17, 15) is 17.9 Å². The van der Waals surface area contributed by atoms with Crippen LogP contribution in [0.1, 0.15) is 17.2 Å². The highest BCUT2D eigenvalue weighted by Gasteiger charge is 2.34. The average Bonchev–Trinajstić information content (AvgIpc) is 2.41. The molecule has 0 spiro atoms. The third kappa shape index (κ3) is 1.66. The maximum Gasteiger partial charge on any atom is 0.175 e. The van der Waals surface area contributed by atoms with Crippen molar-refractivity contribution in [1.82, 2.24) is 0 Å². The topological polar surface area (TPSA) is 54.4 Å². The van der Waals surface area contributed by atoms with Crippen LogP contribution in [0.2, 0.25) is 0 Å². The van der Waals surface area contributed by atoms with E-state index < -0.39 is 22.1 Å². The third-order valence-electron chi connectivity index (χ3n) is 2.61. The van der Waals surface area contributed by atoms with Gasteiger partial charge in [-0.2, -0.15) is 0 Å². The van der Waals surface area contributed by atoms with Gasteiger partial charge in [-0.1, -0.05) is 12.1 Å². The molecule has 15 heavy (non-hydrogen) atoms. The van der Waals surface area contributed by atoms with Crippen LogP contribution in [0.4, 0.5) is 4.39 Å². The van der Waals surface area contributed by atoms with Crippen LogP contribution in [0.25, 0.3) is 0 Å². The van der Waals surface area contributed by atoms with Gasteiger partial charge in [0.2, 0.25) is 0 Å². The lowest BCUT2D eigenvalue weighted by atomic mass is 10.1. The summed E-state index contributed by atoms with van der Waals surface area (Å²) in [6.07, 6.45) is -1.57. The van der Waals surface area contributed by atoms with E-state index in [-0.39, 0.29) is 16.9 Å². The summed E-state index contributed by atoms with van der Waals surface area (Å²) in [5.74, 6) is 0. The zero-order chi connectivity index (χ0) is 11.2. The van der Waals surface area contributed by atoms with Crippen molar-refractivity contribution in [2.45, 2.75) is 23.6 Å². The predicted molar refractivity (Wildman–Crippen MR) is 53.1 cm³/mol. The molecule has 1 N–H and O–H groups in total. The van der Waals surface area contributed by atoms with Crippen molar-refractivity contribution in [2.75, 3.05) is 6.26 Å². The number of alkyl halides is 1. The normalized spacial score (nSPS) is 25.3. The van der Waals surface area contributed by atoms with Gasteiger partial charge >= 0.3 is 0 Å². The summed E-state index contributed by atoms with van der Waals surface area (Å²) >= 11 is 0. The van der Waals surface area contributed by atoms with Gasteiger partial charge in [-0.25, -0.2) is 12.8 Å². The first-order valence-electron chi connectivity index (χ1n) is 4.55. The molecule has 5 heteroatoms. The first kappa shape index (κ1) is 10.6. The molecular formula is C10H11FO3S. The van der Waals surface area contributed by atoms with Crippen LogP contribution in [0.3, 0.4) is 0 Å².